The van der Waals surface area contributed by atoms with Crippen LogP contribution in [0.1, 0.15) is 32.5 Å². The number of carboxylic acid groups (broad SMARTS) is 1. The maximum Gasteiger partial charge on any atom is 0.411 e. The van der Waals surface area contributed by atoms with Gasteiger partial charge in [0, 0.05) is 23.3 Å². The summed E-state index contributed by atoms with van der Waals surface area (Å²) in [7, 11) is 0. The molecule has 9 heteroatoms. The third-order valence-corrected chi connectivity index (χ3v) is 4.59. The predicted octanol–water partition coefficient (Wildman–Crippen LogP) is 4.22. The number of nitrogens with one attached hydrogen (secondary N) is 1. The average molecular weight is 448 g/mol. The Bertz CT molecular complexity index is 1250. The number of anilines is 1. The van der Waals surface area contributed by atoms with Crippen molar-refractivity contribution in [1.29, 1.82) is 0 Å². The molecule has 2 N–H and O–H groups in total. The molecule has 1 aromatic carbocycles. The third kappa shape index (κ3) is 5.70. The number of hydrogen-bond acceptors (Lipinski definition) is 6. The van der Waals surface area contributed by atoms with Gasteiger partial charge in [-0.05, 0) is 39.0 Å². The van der Waals surface area contributed by atoms with Crippen LogP contribution in [0, 0.1) is 0 Å². The van der Waals surface area contributed by atoms with E-state index in [0.29, 0.717) is 17.0 Å². The van der Waals surface area contributed by atoms with Crippen LogP contribution < -0.4 is 10.9 Å². The number of rotatable bonds is 7. The first-order valence-electron chi connectivity index (χ1n) is 10.4. The van der Waals surface area contributed by atoms with Gasteiger partial charge in [0.25, 0.3) is 5.56 Å². The van der Waals surface area contributed by atoms with Crippen molar-refractivity contribution in [3.8, 4) is 22.5 Å². The Balaban J connectivity index is 2.29. The molecule has 0 bridgehead atoms. The summed E-state index contributed by atoms with van der Waals surface area (Å²) in [5.74, 6) is -1.16. The van der Waals surface area contributed by atoms with E-state index in [1.165, 1.54) is 16.8 Å². The van der Waals surface area contributed by atoms with Gasteiger partial charge in [0.2, 0.25) is 0 Å². The van der Waals surface area contributed by atoms with Gasteiger partial charge in [-0.15, -0.1) is 0 Å². The highest BCUT2D eigenvalue weighted by molar-refractivity contribution is 5.93. The number of aliphatic carboxylic acids is 1. The quantitative estimate of drug-likeness (QED) is 0.519. The van der Waals surface area contributed by atoms with Crippen molar-refractivity contribution in [2.24, 2.45) is 0 Å². The van der Waals surface area contributed by atoms with E-state index in [2.05, 4.69) is 15.4 Å². The topological polar surface area (TPSA) is 123 Å². The van der Waals surface area contributed by atoms with Crippen LogP contribution in [-0.4, -0.2) is 38.5 Å². The first-order valence-corrected chi connectivity index (χ1v) is 10.4. The molecule has 33 heavy (non-hydrogen) atoms. The number of hydrogen-bond donors (Lipinski definition) is 2. The Hall–Kier alpha value is -4.27. The van der Waals surface area contributed by atoms with Crippen molar-refractivity contribution in [2.45, 2.75) is 26.8 Å². The largest absolute Gasteiger partial charge is 0.478 e. The second-order valence-corrected chi connectivity index (χ2v) is 7.30. The fraction of sp³-hybridized carbons (Fsp3) is 0.208. The smallest absolute Gasteiger partial charge is 0.411 e. The summed E-state index contributed by atoms with van der Waals surface area (Å²) in [6.07, 6.45) is 1.52. The van der Waals surface area contributed by atoms with Crippen molar-refractivity contribution < 1.29 is 19.4 Å². The summed E-state index contributed by atoms with van der Waals surface area (Å²) in [5.41, 5.74) is 2.51. The molecular weight excluding hydrogens is 424 g/mol. The van der Waals surface area contributed by atoms with E-state index in [4.69, 9.17) is 9.84 Å². The molecule has 1 amide bonds. The highest BCUT2D eigenvalue weighted by Crippen LogP contribution is 2.33. The highest BCUT2D eigenvalue weighted by atomic mass is 16.5. The number of nitrogens with zero attached hydrogens (tertiary/aromatic N) is 3. The SMILES string of the molecule is CCOC(=O)Nc1cc(-c2ccc(=O)n(C(C)C)n2)c(-c2ccccc2)nc1C=CC(=O)O. The molecule has 0 radical (unpaired) electrons. The van der Waals surface area contributed by atoms with E-state index in [1.54, 1.807) is 19.1 Å². The number of carbonyl (C=O) groups excluding carboxylic acids is 1. The summed E-state index contributed by atoms with van der Waals surface area (Å²) >= 11 is 0. The van der Waals surface area contributed by atoms with E-state index in [-0.39, 0.29) is 29.6 Å². The van der Waals surface area contributed by atoms with Gasteiger partial charge < -0.3 is 9.84 Å². The zero-order chi connectivity index (χ0) is 24.0. The van der Waals surface area contributed by atoms with Crippen LogP contribution in [0.3, 0.4) is 0 Å². The maximum atomic E-state index is 12.2. The van der Waals surface area contributed by atoms with Crippen LogP contribution in [0.2, 0.25) is 0 Å². The summed E-state index contributed by atoms with van der Waals surface area (Å²) in [6, 6.07) is 13.8. The molecule has 0 aliphatic rings. The first-order chi connectivity index (χ1) is 15.8. The summed E-state index contributed by atoms with van der Waals surface area (Å²) in [5, 5.41) is 16.2. The minimum atomic E-state index is -1.16. The van der Waals surface area contributed by atoms with Gasteiger partial charge in [-0.25, -0.2) is 19.3 Å². The lowest BCUT2D eigenvalue weighted by Gasteiger charge is -2.16. The number of carboxylic acids is 1. The molecule has 9 nitrogen and oxygen atoms in total. The number of carbonyl (C=O) groups is 2. The molecule has 0 fully saturated rings. The zero-order valence-corrected chi connectivity index (χ0v) is 18.5. The number of amides is 1. The molecular formula is C24H24N4O5. The molecule has 3 aromatic rings. The summed E-state index contributed by atoms with van der Waals surface area (Å²) < 4.78 is 6.34. The van der Waals surface area contributed by atoms with Gasteiger partial charge in [0.15, 0.2) is 0 Å². The number of ether oxygens (including phenoxy) is 1. The van der Waals surface area contributed by atoms with Crippen LogP contribution >= 0.6 is 0 Å². The minimum Gasteiger partial charge on any atom is -0.478 e. The van der Waals surface area contributed by atoms with Gasteiger partial charge in [0.05, 0.1) is 35.4 Å². The Morgan fingerprint density at radius 3 is 2.55 bits per heavy atom. The Morgan fingerprint density at radius 1 is 1.18 bits per heavy atom. The molecule has 0 saturated heterocycles. The van der Waals surface area contributed by atoms with Crippen molar-refractivity contribution in [3.63, 3.8) is 0 Å². The number of pyridine rings is 1. The maximum absolute atomic E-state index is 12.2. The van der Waals surface area contributed by atoms with Gasteiger partial charge in [-0.1, -0.05) is 30.3 Å². The summed E-state index contributed by atoms with van der Waals surface area (Å²) in [4.78, 5) is 40.1. The van der Waals surface area contributed by atoms with Crippen LogP contribution in [0.4, 0.5) is 10.5 Å². The van der Waals surface area contributed by atoms with Gasteiger partial charge in [-0.3, -0.25) is 10.1 Å². The summed E-state index contributed by atoms with van der Waals surface area (Å²) in [6.45, 7) is 5.53. The van der Waals surface area contributed by atoms with E-state index in [0.717, 1.165) is 11.6 Å². The Morgan fingerprint density at radius 2 is 1.91 bits per heavy atom. The van der Waals surface area contributed by atoms with E-state index >= 15 is 0 Å². The van der Waals surface area contributed by atoms with E-state index in [1.807, 2.05) is 44.2 Å². The Labute approximate surface area is 190 Å². The molecule has 0 aliphatic carbocycles. The zero-order valence-electron chi connectivity index (χ0n) is 18.5. The first kappa shape index (κ1) is 23.4. The lowest BCUT2D eigenvalue weighted by Crippen LogP contribution is -2.24. The van der Waals surface area contributed by atoms with Gasteiger partial charge in [-0.2, -0.15) is 5.10 Å². The molecule has 0 atom stereocenters. The Kier molecular flexibility index (Phi) is 7.34. The predicted molar refractivity (Wildman–Crippen MR) is 125 cm³/mol. The number of aromatic nitrogens is 3. The van der Waals surface area contributed by atoms with Crippen molar-refractivity contribution in [3.05, 3.63) is 70.7 Å². The molecule has 0 unspecified atom stereocenters. The van der Waals surface area contributed by atoms with Gasteiger partial charge >= 0.3 is 12.1 Å². The lowest BCUT2D eigenvalue weighted by molar-refractivity contribution is -0.131. The molecule has 3 rings (SSSR count). The van der Waals surface area contributed by atoms with Crippen molar-refractivity contribution in [1.82, 2.24) is 14.8 Å². The minimum absolute atomic E-state index is 0.162. The molecule has 0 spiro atoms. The second kappa shape index (κ2) is 10.4. The molecule has 0 saturated carbocycles. The third-order valence-electron chi connectivity index (χ3n) is 4.59. The fourth-order valence-corrected chi connectivity index (χ4v) is 3.13. The number of benzene rings is 1. The molecule has 2 aromatic heterocycles. The highest BCUT2D eigenvalue weighted by Gasteiger charge is 2.18. The normalized spacial score (nSPS) is 11.0. The standard InChI is InChI=1S/C24H24N4O5/c1-4-33-24(32)26-20-14-17(18-10-12-21(29)28(27-18)15(2)3)23(16-8-6-5-7-9-16)25-19(20)11-13-22(30)31/h5-15H,4H2,1-3H3,(H,26,32)(H,30,31). The van der Waals surface area contributed by atoms with Crippen LogP contribution in [0.15, 0.2) is 59.4 Å². The second-order valence-electron chi connectivity index (χ2n) is 7.30. The fourth-order valence-electron chi connectivity index (χ4n) is 3.13. The lowest BCUT2D eigenvalue weighted by atomic mass is 10.0. The van der Waals surface area contributed by atoms with E-state index < -0.39 is 12.1 Å². The van der Waals surface area contributed by atoms with Crippen LogP contribution in [0.5, 0.6) is 0 Å². The molecule has 0 aliphatic heterocycles. The average Bonchev–Trinajstić information content (AvgIpc) is 2.78. The molecule has 170 valence electrons. The van der Waals surface area contributed by atoms with Gasteiger partial charge in [0.1, 0.15) is 0 Å². The van der Waals surface area contributed by atoms with Crippen LogP contribution in [0.25, 0.3) is 28.6 Å². The van der Waals surface area contributed by atoms with Crippen molar-refractivity contribution >= 4 is 23.8 Å². The molecule has 2 heterocycles. The van der Waals surface area contributed by atoms with E-state index in [9.17, 15) is 14.4 Å². The van der Waals surface area contributed by atoms with Crippen molar-refractivity contribution in [2.75, 3.05) is 11.9 Å². The van der Waals surface area contributed by atoms with Crippen LogP contribution in [-0.2, 0) is 9.53 Å². The monoisotopic (exact) mass is 448 g/mol.